The van der Waals surface area contributed by atoms with E-state index in [-0.39, 0.29) is 5.91 Å². The van der Waals surface area contributed by atoms with Gasteiger partial charge in [-0.05, 0) is 24.7 Å². The Bertz CT molecular complexity index is 1460. The maximum absolute atomic E-state index is 12.9. The summed E-state index contributed by atoms with van der Waals surface area (Å²) in [5.74, 6) is -0.294. The molecule has 6 rings (SSSR count). The summed E-state index contributed by atoms with van der Waals surface area (Å²) in [6, 6.07) is 5.79. The number of piperazine rings is 1. The van der Waals surface area contributed by atoms with Crippen molar-refractivity contribution in [2.24, 2.45) is 0 Å². The Hall–Kier alpha value is -4.03. The predicted molar refractivity (Wildman–Crippen MR) is 135 cm³/mol. The van der Waals surface area contributed by atoms with Gasteiger partial charge in [0.1, 0.15) is 0 Å². The molecule has 1 aliphatic heterocycles. The number of fused-ring (bicyclic) bond motifs is 1. The molecule has 1 fully saturated rings. The molecule has 4 aromatic heterocycles. The number of amides is 1. The van der Waals surface area contributed by atoms with Crippen molar-refractivity contribution in [3.63, 3.8) is 0 Å². The van der Waals surface area contributed by atoms with E-state index in [2.05, 4.69) is 53.0 Å². The topological polar surface area (TPSA) is 124 Å². The molecule has 0 saturated carbocycles. The molecular formula is C23H24N10OS. The second kappa shape index (κ2) is 8.96. The molecule has 0 spiro atoms. The first-order valence-corrected chi connectivity index (χ1v) is 12.2. The molecule has 1 aliphatic rings. The average Bonchev–Trinajstić information content (AvgIpc) is 3.66. The number of H-pyrrole nitrogens is 2. The van der Waals surface area contributed by atoms with Crippen molar-refractivity contribution < 1.29 is 4.79 Å². The first-order chi connectivity index (χ1) is 17.1. The Balaban J connectivity index is 1.12. The highest BCUT2D eigenvalue weighted by molar-refractivity contribution is 7.13. The molecule has 178 valence electrons. The fourth-order valence-corrected chi connectivity index (χ4v) is 5.03. The molecule has 0 aliphatic carbocycles. The van der Waals surface area contributed by atoms with E-state index in [1.54, 1.807) is 34.6 Å². The quantitative estimate of drug-likeness (QED) is 0.336. The maximum atomic E-state index is 12.9. The second-order valence-corrected chi connectivity index (χ2v) is 9.45. The summed E-state index contributed by atoms with van der Waals surface area (Å²) in [5, 5.41) is 25.1. The third-order valence-electron chi connectivity index (χ3n) is 6.14. The fraction of sp³-hybridized carbons (Fsp3) is 0.261. The summed E-state index contributed by atoms with van der Waals surface area (Å²) in [5.41, 5.74) is 4.64. The van der Waals surface area contributed by atoms with Crippen molar-refractivity contribution in [2.75, 3.05) is 43.4 Å². The van der Waals surface area contributed by atoms with Gasteiger partial charge in [0.05, 0.1) is 35.8 Å². The van der Waals surface area contributed by atoms with Crippen LogP contribution >= 0.6 is 11.3 Å². The van der Waals surface area contributed by atoms with Gasteiger partial charge in [-0.15, -0.1) is 11.3 Å². The van der Waals surface area contributed by atoms with Gasteiger partial charge < -0.3 is 15.1 Å². The number of rotatable bonds is 6. The van der Waals surface area contributed by atoms with Crippen molar-refractivity contribution >= 4 is 39.0 Å². The zero-order valence-corrected chi connectivity index (χ0v) is 19.9. The van der Waals surface area contributed by atoms with Crippen LogP contribution in [0.25, 0.3) is 22.0 Å². The van der Waals surface area contributed by atoms with Crippen molar-refractivity contribution in [3.05, 3.63) is 59.8 Å². The first-order valence-electron chi connectivity index (χ1n) is 11.3. The molecule has 0 bridgehead atoms. The van der Waals surface area contributed by atoms with Gasteiger partial charge in [0.25, 0.3) is 5.91 Å². The van der Waals surface area contributed by atoms with Crippen LogP contribution < -0.4 is 10.2 Å². The van der Waals surface area contributed by atoms with Gasteiger partial charge in [-0.25, -0.2) is 4.98 Å². The van der Waals surface area contributed by atoms with Crippen LogP contribution in [0.5, 0.6) is 0 Å². The highest BCUT2D eigenvalue weighted by atomic mass is 32.1. The number of hydrogen-bond donors (Lipinski definition) is 3. The fourth-order valence-electron chi connectivity index (χ4n) is 4.16. The summed E-state index contributed by atoms with van der Waals surface area (Å²) >= 11 is 1.66. The van der Waals surface area contributed by atoms with Gasteiger partial charge in [0.15, 0.2) is 10.8 Å². The summed E-state index contributed by atoms with van der Waals surface area (Å²) in [6.07, 6.45) is 7.01. The Morgan fingerprint density at radius 1 is 1.17 bits per heavy atom. The van der Waals surface area contributed by atoms with E-state index >= 15 is 0 Å². The van der Waals surface area contributed by atoms with Crippen LogP contribution in [-0.4, -0.2) is 79.2 Å². The minimum absolute atomic E-state index is 0.294. The number of thiazole rings is 1. The SMILES string of the molecule is CN1CCN(c2nc(Cn3cc(NC(=O)c4n[nH]c5cc(-c6cn[nH]c6)ccc45)cn3)cs2)CC1. The lowest BCUT2D eigenvalue weighted by Gasteiger charge is -2.32. The van der Waals surface area contributed by atoms with Crippen LogP contribution in [0.15, 0.2) is 48.4 Å². The number of nitrogens with zero attached hydrogens (tertiary/aromatic N) is 7. The largest absolute Gasteiger partial charge is 0.346 e. The second-order valence-electron chi connectivity index (χ2n) is 8.61. The van der Waals surface area contributed by atoms with Crippen LogP contribution in [0.2, 0.25) is 0 Å². The van der Waals surface area contributed by atoms with Gasteiger partial charge >= 0.3 is 0 Å². The maximum Gasteiger partial charge on any atom is 0.276 e. The molecule has 3 N–H and O–H groups in total. The molecule has 1 aromatic carbocycles. The molecule has 0 radical (unpaired) electrons. The molecule has 5 aromatic rings. The highest BCUT2D eigenvalue weighted by Gasteiger charge is 2.18. The Kier molecular flexibility index (Phi) is 5.51. The number of benzene rings is 1. The monoisotopic (exact) mass is 488 g/mol. The van der Waals surface area contributed by atoms with E-state index in [1.165, 1.54) is 0 Å². The van der Waals surface area contributed by atoms with E-state index in [0.29, 0.717) is 17.9 Å². The third-order valence-corrected chi connectivity index (χ3v) is 7.09. The van der Waals surface area contributed by atoms with Gasteiger partial charge in [-0.2, -0.15) is 15.3 Å². The number of aromatic amines is 2. The van der Waals surface area contributed by atoms with Crippen LogP contribution in [0.1, 0.15) is 16.2 Å². The molecule has 1 saturated heterocycles. The Morgan fingerprint density at radius 2 is 2.06 bits per heavy atom. The molecule has 11 nitrogen and oxygen atoms in total. The van der Waals surface area contributed by atoms with Crippen LogP contribution in [0, 0.1) is 0 Å². The third kappa shape index (κ3) is 4.40. The standard InChI is InChI=1S/C23H24N10OS/c1-31-4-6-32(7-5-31)23-28-18(14-35-23)13-33-12-17(11-26-33)27-22(34)21-19-3-2-15(8-20(19)29-30-21)16-9-24-25-10-16/h2-3,8-12,14H,4-7,13H2,1H3,(H,24,25)(H,27,34)(H,29,30). The van der Waals surface area contributed by atoms with Gasteiger partial charge in [-0.1, -0.05) is 6.07 Å². The molecular weight excluding hydrogens is 464 g/mol. The lowest BCUT2D eigenvalue weighted by Crippen LogP contribution is -2.44. The van der Waals surface area contributed by atoms with E-state index in [1.807, 2.05) is 24.4 Å². The summed E-state index contributed by atoms with van der Waals surface area (Å²) in [4.78, 5) is 22.3. The van der Waals surface area contributed by atoms with Gasteiger partial charge in [0, 0.05) is 54.9 Å². The molecule has 12 heteroatoms. The number of nitrogens with one attached hydrogen (secondary N) is 3. The molecule has 5 heterocycles. The first kappa shape index (κ1) is 21.5. The molecule has 0 atom stereocenters. The molecule has 0 unspecified atom stereocenters. The highest BCUT2D eigenvalue weighted by Crippen LogP contribution is 2.25. The lowest BCUT2D eigenvalue weighted by atomic mass is 10.1. The van der Waals surface area contributed by atoms with Crippen molar-refractivity contribution in [1.29, 1.82) is 0 Å². The normalized spacial score (nSPS) is 14.6. The lowest BCUT2D eigenvalue weighted by molar-refractivity contribution is 0.102. The van der Waals surface area contributed by atoms with Crippen LogP contribution in [0.4, 0.5) is 10.8 Å². The predicted octanol–water partition coefficient (Wildman–Crippen LogP) is 2.66. The summed E-state index contributed by atoms with van der Waals surface area (Å²) in [7, 11) is 2.14. The minimum Gasteiger partial charge on any atom is -0.346 e. The van der Waals surface area contributed by atoms with Crippen molar-refractivity contribution in [3.8, 4) is 11.1 Å². The van der Waals surface area contributed by atoms with Gasteiger partial charge in [-0.3, -0.25) is 19.7 Å². The van der Waals surface area contributed by atoms with Crippen LogP contribution in [0.3, 0.4) is 0 Å². The van der Waals surface area contributed by atoms with Crippen LogP contribution in [-0.2, 0) is 6.54 Å². The summed E-state index contributed by atoms with van der Waals surface area (Å²) < 4.78 is 1.78. The van der Waals surface area contributed by atoms with E-state index in [4.69, 9.17) is 4.98 Å². The average molecular weight is 489 g/mol. The van der Waals surface area contributed by atoms with E-state index in [9.17, 15) is 4.79 Å². The number of anilines is 2. The molecule has 35 heavy (non-hydrogen) atoms. The van der Waals surface area contributed by atoms with Gasteiger partial charge in [0.2, 0.25) is 0 Å². The summed E-state index contributed by atoms with van der Waals surface area (Å²) in [6.45, 7) is 4.63. The zero-order valence-electron chi connectivity index (χ0n) is 19.1. The Labute approximate surface area is 204 Å². The van der Waals surface area contributed by atoms with E-state index < -0.39 is 0 Å². The Morgan fingerprint density at radius 3 is 2.89 bits per heavy atom. The smallest absolute Gasteiger partial charge is 0.276 e. The number of likely N-dealkylation sites (N-methyl/N-ethyl adjacent to an activating group) is 1. The minimum atomic E-state index is -0.294. The van der Waals surface area contributed by atoms with Crippen molar-refractivity contribution in [1.82, 2.24) is 40.1 Å². The van der Waals surface area contributed by atoms with Crippen molar-refractivity contribution in [2.45, 2.75) is 6.54 Å². The van der Waals surface area contributed by atoms with E-state index in [0.717, 1.165) is 59.0 Å². The number of carbonyl (C=O) groups is 1. The number of aromatic nitrogens is 7. The zero-order chi connectivity index (χ0) is 23.8. The number of carbonyl (C=O) groups excluding carboxylic acids is 1. The number of hydrogen-bond acceptors (Lipinski definition) is 8. The molecule has 1 amide bonds.